The number of nitrogens with zero attached hydrogens (tertiary/aromatic N) is 3. The highest BCUT2D eigenvalue weighted by Gasteiger charge is 2.14. The summed E-state index contributed by atoms with van der Waals surface area (Å²) in [5.41, 5.74) is 7.56. The third-order valence-electron chi connectivity index (χ3n) is 3.78. The van der Waals surface area contributed by atoms with Gasteiger partial charge in [-0.15, -0.1) is 11.8 Å². The number of hydrogen-bond donors (Lipinski definition) is 2. The Bertz CT molecular complexity index is 910. The van der Waals surface area contributed by atoms with Crippen LogP contribution in [0.5, 0.6) is 5.75 Å². The molecule has 3 N–H and O–H groups in total. The number of para-hydroxylation sites is 1. The summed E-state index contributed by atoms with van der Waals surface area (Å²) in [7, 11) is 1.45. The number of nitrogens with one attached hydrogen (secondary N) is 1. The molecule has 0 aliphatic carbocycles. The Hall–Kier alpha value is -2.87. The summed E-state index contributed by atoms with van der Waals surface area (Å²) in [6.07, 6.45) is 0. The monoisotopic (exact) mass is 385 g/mol. The molecule has 27 heavy (non-hydrogen) atoms. The molecule has 3 aromatic rings. The van der Waals surface area contributed by atoms with Crippen LogP contribution in [0.25, 0.3) is 0 Å². The molecule has 0 aliphatic heterocycles. The van der Waals surface area contributed by atoms with Gasteiger partial charge in [0, 0.05) is 11.4 Å². The Morgan fingerprint density at radius 2 is 1.93 bits per heavy atom. The molecule has 3 rings (SSSR count). The third kappa shape index (κ3) is 5.07. The van der Waals surface area contributed by atoms with Gasteiger partial charge >= 0.3 is 0 Å². The summed E-state index contributed by atoms with van der Waals surface area (Å²) in [5.74, 6) is 1.59. The highest BCUT2D eigenvalue weighted by molar-refractivity contribution is 7.98. The number of nitrogens with two attached hydrogens (primary N) is 1. The molecule has 0 radical (unpaired) electrons. The van der Waals surface area contributed by atoms with Crippen LogP contribution in [0, 0.1) is 5.82 Å². The quantitative estimate of drug-likeness (QED) is 0.626. The lowest BCUT2D eigenvalue weighted by Crippen LogP contribution is -2.08. The summed E-state index contributed by atoms with van der Waals surface area (Å²) >= 11 is 1.58. The first-order valence-corrected chi connectivity index (χ1v) is 9.37. The number of halogens is 1. The van der Waals surface area contributed by atoms with E-state index in [0.29, 0.717) is 17.5 Å². The molecule has 0 saturated carbocycles. The van der Waals surface area contributed by atoms with Gasteiger partial charge in [0.05, 0.1) is 12.4 Å². The number of thioether (sulfide) groups is 1. The van der Waals surface area contributed by atoms with E-state index in [9.17, 15) is 4.39 Å². The molecule has 1 heterocycles. The van der Waals surface area contributed by atoms with Crippen LogP contribution in [-0.2, 0) is 5.75 Å². The second-order valence-corrected chi connectivity index (χ2v) is 7.12. The SMILES string of the molecule is COc1ccc(CSC(C)c2nc(N)nc(Nc3ccccc3)n2)cc1F. The summed E-state index contributed by atoms with van der Waals surface area (Å²) in [6.45, 7) is 1.98. The lowest BCUT2D eigenvalue weighted by Gasteiger charge is -2.13. The van der Waals surface area contributed by atoms with Gasteiger partial charge in [0.2, 0.25) is 11.9 Å². The maximum atomic E-state index is 13.8. The van der Waals surface area contributed by atoms with Crippen molar-refractivity contribution in [1.82, 2.24) is 15.0 Å². The van der Waals surface area contributed by atoms with E-state index >= 15 is 0 Å². The molecule has 2 aromatic carbocycles. The number of nitrogen functional groups attached to an aromatic ring is 1. The Morgan fingerprint density at radius 1 is 1.15 bits per heavy atom. The average molecular weight is 385 g/mol. The van der Waals surface area contributed by atoms with E-state index in [0.717, 1.165) is 11.3 Å². The Labute approximate surface area is 161 Å². The van der Waals surface area contributed by atoms with E-state index in [1.165, 1.54) is 13.2 Å². The minimum Gasteiger partial charge on any atom is -0.494 e. The van der Waals surface area contributed by atoms with Crippen molar-refractivity contribution in [2.45, 2.75) is 17.9 Å². The number of anilines is 3. The van der Waals surface area contributed by atoms with Crippen LogP contribution in [0.3, 0.4) is 0 Å². The molecule has 0 saturated heterocycles. The fourth-order valence-electron chi connectivity index (χ4n) is 2.39. The average Bonchev–Trinajstić information content (AvgIpc) is 2.66. The van der Waals surface area contributed by atoms with Gasteiger partial charge in [-0.25, -0.2) is 4.39 Å². The second kappa shape index (κ2) is 8.68. The van der Waals surface area contributed by atoms with Gasteiger partial charge in [0.25, 0.3) is 0 Å². The Morgan fingerprint density at radius 3 is 2.63 bits per heavy atom. The standard InChI is InChI=1S/C19H20FN5OS/c1-12(27-11-13-8-9-16(26-2)15(20)10-13)17-23-18(21)25-19(24-17)22-14-6-4-3-5-7-14/h3-10,12H,11H2,1-2H3,(H3,21,22,23,24,25). The second-order valence-electron chi connectivity index (χ2n) is 5.79. The minimum atomic E-state index is -0.373. The highest BCUT2D eigenvalue weighted by Crippen LogP contribution is 2.31. The summed E-state index contributed by atoms with van der Waals surface area (Å²) < 4.78 is 18.8. The smallest absolute Gasteiger partial charge is 0.232 e. The number of aromatic nitrogens is 3. The largest absolute Gasteiger partial charge is 0.494 e. The number of hydrogen-bond acceptors (Lipinski definition) is 7. The molecule has 1 atom stereocenters. The summed E-state index contributed by atoms with van der Waals surface area (Å²) in [5, 5.41) is 3.07. The van der Waals surface area contributed by atoms with Crippen molar-refractivity contribution in [2.24, 2.45) is 0 Å². The maximum Gasteiger partial charge on any atom is 0.232 e. The van der Waals surface area contributed by atoms with Crippen molar-refractivity contribution in [3.05, 3.63) is 65.7 Å². The molecule has 0 amide bonds. The van der Waals surface area contributed by atoms with E-state index in [1.54, 1.807) is 17.8 Å². The first-order chi connectivity index (χ1) is 13.0. The zero-order chi connectivity index (χ0) is 19.2. The van der Waals surface area contributed by atoms with E-state index in [-0.39, 0.29) is 22.8 Å². The van der Waals surface area contributed by atoms with Gasteiger partial charge in [-0.1, -0.05) is 24.3 Å². The van der Waals surface area contributed by atoms with Crippen LogP contribution in [0.15, 0.2) is 48.5 Å². The zero-order valence-electron chi connectivity index (χ0n) is 15.0. The molecule has 0 fully saturated rings. The number of methoxy groups -OCH3 is 1. The zero-order valence-corrected chi connectivity index (χ0v) is 15.8. The topological polar surface area (TPSA) is 86.0 Å². The molecule has 8 heteroatoms. The predicted octanol–water partition coefficient (Wildman–Crippen LogP) is 4.34. The van der Waals surface area contributed by atoms with Crippen LogP contribution in [0.4, 0.5) is 22.0 Å². The van der Waals surface area contributed by atoms with Gasteiger partial charge in [-0.3, -0.25) is 0 Å². The maximum absolute atomic E-state index is 13.8. The number of rotatable bonds is 7. The highest BCUT2D eigenvalue weighted by atomic mass is 32.2. The third-order valence-corrected chi connectivity index (χ3v) is 4.99. The van der Waals surface area contributed by atoms with E-state index in [2.05, 4.69) is 20.3 Å². The van der Waals surface area contributed by atoms with Crippen molar-refractivity contribution in [3.63, 3.8) is 0 Å². The lowest BCUT2D eigenvalue weighted by molar-refractivity contribution is 0.386. The van der Waals surface area contributed by atoms with Crippen LogP contribution < -0.4 is 15.8 Å². The number of ether oxygens (including phenoxy) is 1. The molecule has 140 valence electrons. The summed E-state index contributed by atoms with van der Waals surface area (Å²) in [6, 6.07) is 14.5. The van der Waals surface area contributed by atoms with Crippen molar-refractivity contribution in [1.29, 1.82) is 0 Å². The van der Waals surface area contributed by atoms with Crippen molar-refractivity contribution < 1.29 is 9.13 Å². The van der Waals surface area contributed by atoms with Gasteiger partial charge in [-0.2, -0.15) is 15.0 Å². The fraction of sp³-hybridized carbons (Fsp3) is 0.211. The first kappa shape index (κ1) is 18.9. The van der Waals surface area contributed by atoms with Gasteiger partial charge in [0.1, 0.15) is 5.82 Å². The molecule has 6 nitrogen and oxygen atoms in total. The summed E-state index contributed by atoms with van der Waals surface area (Å²) in [4.78, 5) is 12.8. The van der Waals surface area contributed by atoms with Crippen LogP contribution in [-0.4, -0.2) is 22.1 Å². The normalized spacial score (nSPS) is 11.8. The van der Waals surface area contributed by atoms with Crippen molar-refractivity contribution in [3.8, 4) is 5.75 Å². The Balaban J connectivity index is 1.69. The van der Waals surface area contributed by atoms with Crippen LogP contribution >= 0.6 is 11.8 Å². The van der Waals surface area contributed by atoms with Crippen LogP contribution in [0.2, 0.25) is 0 Å². The molecule has 0 aliphatic rings. The van der Waals surface area contributed by atoms with Crippen LogP contribution in [0.1, 0.15) is 23.6 Å². The minimum absolute atomic E-state index is 0.0446. The molecule has 0 bridgehead atoms. The predicted molar refractivity (Wildman–Crippen MR) is 107 cm³/mol. The Kier molecular flexibility index (Phi) is 6.08. The van der Waals surface area contributed by atoms with Gasteiger partial charge in [-0.05, 0) is 36.8 Å². The fourth-order valence-corrected chi connectivity index (χ4v) is 3.27. The molecule has 1 aromatic heterocycles. The molecule has 1 unspecified atom stereocenters. The van der Waals surface area contributed by atoms with E-state index in [4.69, 9.17) is 10.5 Å². The lowest BCUT2D eigenvalue weighted by atomic mass is 10.2. The van der Waals surface area contributed by atoms with E-state index < -0.39 is 0 Å². The van der Waals surface area contributed by atoms with Crippen molar-refractivity contribution >= 4 is 29.3 Å². The van der Waals surface area contributed by atoms with Crippen molar-refractivity contribution in [2.75, 3.05) is 18.2 Å². The van der Waals surface area contributed by atoms with E-state index in [1.807, 2.05) is 43.3 Å². The van der Waals surface area contributed by atoms with Gasteiger partial charge in [0.15, 0.2) is 11.6 Å². The molecule has 0 spiro atoms. The molecular formula is C19H20FN5OS. The number of benzene rings is 2. The van der Waals surface area contributed by atoms with Gasteiger partial charge < -0.3 is 15.8 Å². The first-order valence-electron chi connectivity index (χ1n) is 8.32. The molecular weight excluding hydrogens is 365 g/mol.